The fraction of sp³-hybridized carbons (Fsp3) is 0.118. The predicted molar refractivity (Wildman–Crippen MR) is 90.7 cm³/mol. The maximum Gasteiger partial charge on any atom is 0.254 e. The van der Waals surface area contributed by atoms with Gasteiger partial charge in [-0.3, -0.25) is 4.79 Å². The van der Waals surface area contributed by atoms with Crippen molar-refractivity contribution in [2.24, 2.45) is 0 Å². The Hall–Kier alpha value is -2.86. The highest BCUT2D eigenvalue weighted by Gasteiger charge is 2.07. The zero-order valence-corrected chi connectivity index (χ0v) is 13.5. The molecular formula is C17H15ClN4O2. The number of nitrogens with zero attached hydrogens (tertiary/aromatic N) is 2. The monoisotopic (exact) mass is 342 g/mol. The Morgan fingerprint density at radius 3 is 2.50 bits per heavy atom. The smallest absolute Gasteiger partial charge is 0.254 e. The minimum absolute atomic E-state index is 0.254. The van der Waals surface area contributed by atoms with Crippen molar-refractivity contribution >= 4 is 23.5 Å². The van der Waals surface area contributed by atoms with E-state index < -0.39 is 0 Å². The number of halogens is 1. The SMILES string of the molecule is O=C(NCc1ccco1)c1cnc(NCc2ccc(Cl)cc2)nc1. The zero-order valence-electron chi connectivity index (χ0n) is 12.7. The molecule has 0 atom stereocenters. The zero-order chi connectivity index (χ0) is 16.8. The fourth-order valence-electron chi connectivity index (χ4n) is 2.00. The molecule has 0 saturated carbocycles. The standard InChI is InChI=1S/C17H15ClN4O2/c18-14-5-3-12(4-6-14)8-20-17-21-9-13(10-22-17)16(23)19-11-15-2-1-7-24-15/h1-7,9-10H,8,11H2,(H,19,23)(H,20,21,22). The van der Waals surface area contributed by atoms with Gasteiger partial charge in [-0.15, -0.1) is 0 Å². The van der Waals surface area contributed by atoms with E-state index in [1.807, 2.05) is 24.3 Å². The van der Waals surface area contributed by atoms with Gasteiger partial charge >= 0.3 is 0 Å². The van der Waals surface area contributed by atoms with E-state index in [0.29, 0.717) is 35.4 Å². The number of benzene rings is 1. The minimum Gasteiger partial charge on any atom is -0.467 e. The molecule has 0 aliphatic rings. The summed E-state index contributed by atoms with van der Waals surface area (Å²) in [6, 6.07) is 11.1. The van der Waals surface area contributed by atoms with Crippen molar-refractivity contribution in [1.29, 1.82) is 0 Å². The third-order valence-corrected chi connectivity index (χ3v) is 3.53. The van der Waals surface area contributed by atoms with E-state index in [9.17, 15) is 4.79 Å². The summed E-state index contributed by atoms with van der Waals surface area (Å²) in [6.07, 6.45) is 4.52. The maximum atomic E-state index is 12.0. The van der Waals surface area contributed by atoms with Crippen molar-refractivity contribution in [3.05, 3.63) is 77.0 Å². The van der Waals surface area contributed by atoms with Crippen molar-refractivity contribution in [2.75, 3.05) is 5.32 Å². The molecule has 6 nitrogen and oxygen atoms in total. The van der Waals surface area contributed by atoms with Crippen LogP contribution in [0.3, 0.4) is 0 Å². The van der Waals surface area contributed by atoms with E-state index in [4.69, 9.17) is 16.0 Å². The molecule has 3 aromatic rings. The van der Waals surface area contributed by atoms with Crippen LogP contribution in [-0.4, -0.2) is 15.9 Å². The topological polar surface area (TPSA) is 80.0 Å². The summed E-state index contributed by atoms with van der Waals surface area (Å²) < 4.78 is 5.16. The number of anilines is 1. The van der Waals surface area contributed by atoms with Gasteiger partial charge in [-0.1, -0.05) is 23.7 Å². The van der Waals surface area contributed by atoms with Crippen LogP contribution in [-0.2, 0) is 13.1 Å². The Morgan fingerprint density at radius 2 is 1.83 bits per heavy atom. The predicted octanol–water partition coefficient (Wildman–Crippen LogP) is 3.27. The molecule has 122 valence electrons. The molecule has 1 amide bonds. The fourth-order valence-corrected chi connectivity index (χ4v) is 2.13. The average molecular weight is 343 g/mol. The summed E-state index contributed by atoms with van der Waals surface area (Å²) in [5.41, 5.74) is 1.45. The first-order valence-corrected chi connectivity index (χ1v) is 7.69. The lowest BCUT2D eigenvalue weighted by molar-refractivity contribution is 0.0947. The molecule has 3 rings (SSSR count). The van der Waals surface area contributed by atoms with Crippen molar-refractivity contribution in [2.45, 2.75) is 13.1 Å². The quantitative estimate of drug-likeness (QED) is 0.718. The molecule has 2 N–H and O–H groups in total. The Kier molecular flexibility index (Phi) is 5.08. The van der Waals surface area contributed by atoms with Gasteiger partial charge in [-0.05, 0) is 29.8 Å². The third kappa shape index (κ3) is 4.33. The molecule has 2 heterocycles. The number of hydrogen-bond acceptors (Lipinski definition) is 5. The first kappa shape index (κ1) is 16.0. The Balaban J connectivity index is 1.52. The second kappa shape index (κ2) is 7.61. The summed E-state index contributed by atoms with van der Waals surface area (Å²) in [5, 5.41) is 6.52. The summed E-state index contributed by atoms with van der Waals surface area (Å²) in [6.45, 7) is 0.892. The summed E-state index contributed by atoms with van der Waals surface area (Å²) >= 11 is 5.85. The number of furan rings is 1. The largest absolute Gasteiger partial charge is 0.467 e. The number of carbonyl (C=O) groups excluding carboxylic acids is 1. The Bertz CT molecular complexity index is 786. The number of amides is 1. The van der Waals surface area contributed by atoms with Crippen LogP contribution in [0.2, 0.25) is 5.02 Å². The molecule has 0 spiro atoms. The molecule has 2 aromatic heterocycles. The van der Waals surface area contributed by atoms with Crippen LogP contribution in [0.5, 0.6) is 0 Å². The van der Waals surface area contributed by atoms with E-state index in [1.54, 1.807) is 18.4 Å². The molecule has 0 saturated heterocycles. The molecule has 7 heteroatoms. The van der Waals surface area contributed by atoms with Gasteiger partial charge in [0.05, 0.1) is 18.4 Å². The van der Waals surface area contributed by atoms with Gasteiger partial charge in [0.15, 0.2) is 0 Å². The second-order valence-corrected chi connectivity index (χ2v) is 5.47. The molecular weight excluding hydrogens is 328 g/mol. The first-order valence-electron chi connectivity index (χ1n) is 7.31. The van der Waals surface area contributed by atoms with E-state index in [1.165, 1.54) is 12.4 Å². The van der Waals surface area contributed by atoms with Crippen LogP contribution in [0.15, 0.2) is 59.5 Å². The summed E-state index contributed by atoms with van der Waals surface area (Å²) in [4.78, 5) is 20.3. The Labute approximate surface area is 143 Å². The summed E-state index contributed by atoms with van der Waals surface area (Å²) in [5.74, 6) is 0.883. The first-order chi connectivity index (χ1) is 11.7. The average Bonchev–Trinajstić information content (AvgIpc) is 3.13. The molecule has 0 aliphatic carbocycles. The number of aromatic nitrogens is 2. The number of hydrogen-bond donors (Lipinski definition) is 2. The third-order valence-electron chi connectivity index (χ3n) is 3.28. The highest BCUT2D eigenvalue weighted by atomic mass is 35.5. The van der Waals surface area contributed by atoms with Crippen LogP contribution in [0, 0.1) is 0 Å². The highest BCUT2D eigenvalue weighted by molar-refractivity contribution is 6.30. The lowest BCUT2D eigenvalue weighted by Crippen LogP contribution is -2.23. The van der Waals surface area contributed by atoms with Crippen LogP contribution in [0.1, 0.15) is 21.7 Å². The van der Waals surface area contributed by atoms with Gasteiger partial charge in [0.2, 0.25) is 5.95 Å². The maximum absolute atomic E-state index is 12.0. The van der Waals surface area contributed by atoms with Crippen molar-refractivity contribution in [3.63, 3.8) is 0 Å². The van der Waals surface area contributed by atoms with Gasteiger partial charge in [0.1, 0.15) is 5.76 Å². The molecule has 0 unspecified atom stereocenters. The van der Waals surface area contributed by atoms with Crippen LogP contribution < -0.4 is 10.6 Å². The molecule has 1 aromatic carbocycles. The van der Waals surface area contributed by atoms with Crippen molar-refractivity contribution < 1.29 is 9.21 Å². The van der Waals surface area contributed by atoms with E-state index in [2.05, 4.69) is 20.6 Å². The molecule has 24 heavy (non-hydrogen) atoms. The number of rotatable bonds is 6. The number of carbonyl (C=O) groups is 1. The molecule has 0 fully saturated rings. The van der Waals surface area contributed by atoms with Crippen molar-refractivity contribution in [1.82, 2.24) is 15.3 Å². The minimum atomic E-state index is -0.254. The summed E-state index contributed by atoms with van der Waals surface area (Å²) in [7, 11) is 0. The van der Waals surface area contributed by atoms with E-state index in [0.717, 1.165) is 5.56 Å². The van der Waals surface area contributed by atoms with Gasteiger partial charge < -0.3 is 15.1 Å². The lowest BCUT2D eigenvalue weighted by Gasteiger charge is -2.06. The molecule has 0 aliphatic heterocycles. The van der Waals surface area contributed by atoms with Gasteiger partial charge in [0, 0.05) is 24.0 Å². The van der Waals surface area contributed by atoms with Crippen LogP contribution in [0.25, 0.3) is 0 Å². The van der Waals surface area contributed by atoms with Crippen LogP contribution >= 0.6 is 11.6 Å². The second-order valence-electron chi connectivity index (χ2n) is 5.04. The van der Waals surface area contributed by atoms with Gasteiger partial charge in [-0.25, -0.2) is 9.97 Å². The van der Waals surface area contributed by atoms with Crippen molar-refractivity contribution in [3.8, 4) is 0 Å². The molecule has 0 radical (unpaired) electrons. The Morgan fingerprint density at radius 1 is 1.08 bits per heavy atom. The molecule has 0 bridgehead atoms. The van der Waals surface area contributed by atoms with E-state index in [-0.39, 0.29) is 5.91 Å². The van der Waals surface area contributed by atoms with Crippen LogP contribution in [0.4, 0.5) is 5.95 Å². The van der Waals surface area contributed by atoms with E-state index >= 15 is 0 Å². The van der Waals surface area contributed by atoms with Gasteiger partial charge in [-0.2, -0.15) is 0 Å². The number of nitrogens with one attached hydrogen (secondary N) is 2. The lowest BCUT2D eigenvalue weighted by atomic mass is 10.2. The highest BCUT2D eigenvalue weighted by Crippen LogP contribution is 2.10. The normalized spacial score (nSPS) is 10.4. The van der Waals surface area contributed by atoms with Gasteiger partial charge in [0.25, 0.3) is 5.91 Å².